The van der Waals surface area contributed by atoms with Gasteiger partial charge in [-0.2, -0.15) is 0 Å². The maximum Gasteiger partial charge on any atom is 0.0942 e. The fourth-order valence-electron chi connectivity index (χ4n) is 2.55. The number of hydrogen-bond donors (Lipinski definition) is 2. The van der Waals surface area contributed by atoms with Crippen LogP contribution in [-0.2, 0) is 6.42 Å². The van der Waals surface area contributed by atoms with E-state index in [1.807, 2.05) is 0 Å². The molecule has 0 amide bonds. The summed E-state index contributed by atoms with van der Waals surface area (Å²) >= 11 is 0. The number of aryl methyl sites for hydroxylation is 1. The third-order valence-electron chi connectivity index (χ3n) is 3.59. The first kappa shape index (κ1) is 12.6. The normalized spacial score (nSPS) is 22.4. The van der Waals surface area contributed by atoms with Crippen LogP contribution >= 0.6 is 0 Å². The van der Waals surface area contributed by atoms with Gasteiger partial charge in [0, 0.05) is 6.04 Å². The summed E-state index contributed by atoms with van der Waals surface area (Å²) in [5.41, 5.74) is 2.41. The SMILES string of the molecule is CCCc1ccc(C(O)C2CCCCN2)cc1. The second-order valence-electron chi connectivity index (χ2n) is 4.99. The lowest BCUT2D eigenvalue weighted by Crippen LogP contribution is -2.38. The smallest absolute Gasteiger partial charge is 0.0942 e. The molecule has 1 aromatic carbocycles. The molecule has 1 saturated heterocycles. The number of rotatable bonds is 4. The molecular formula is C15H23NO. The van der Waals surface area contributed by atoms with Crippen molar-refractivity contribution in [1.29, 1.82) is 0 Å². The monoisotopic (exact) mass is 233 g/mol. The number of nitrogens with one attached hydrogen (secondary N) is 1. The van der Waals surface area contributed by atoms with Gasteiger partial charge in [0.1, 0.15) is 0 Å². The first-order valence-corrected chi connectivity index (χ1v) is 6.81. The summed E-state index contributed by atoms with van der Waals surface area (Å²) < 4.78 is 0. The maximum absolute atomic E-state index is 10.3. The number of benzene rings is 1. The Morgan fingerprint density at radius 3 is 2.65 bits per heavy atom. The molecule has 2 unspecified atom stereocenters. The molecule has 1 fully saturated rings. The second-order valence-corrected chi connectivity index (χ2v) is 4.99. The van der Waals surface area contributed by atoms with E-state index < -0.39 is 0 Å². The van der Waals surface area contributed by atoms with E-state index in [1.54, 1.807) is 0 Å². The average molecular weight is 233 g/mol. The molecule has 0 aliphatic carbocycles. The van der Waals surface area contributed by atoms with Crippen LogP contribution in [0.1, 0.15) is 49.8 Å². The summed E-state index contributed by atoms with van der Waals surface area (Å²) in [5, 5.41) is 13.7. The molecular weight excluding hydrogens is 210 g/mol. The van der Waals surface area contributed by atoms with E-state index in [0.717, 1.165) is 24.9 Å². The molecule has 1 aliphatic heterocycles. The molecule has 94 valence electrons. The molecule has 2 nitrogen and oxygen atoms in total. The lowest BCUT2D eigenvalue weighted by Gasteiger charge is -2.28. The largest absolute Gasteiger partial charge is 0.387 e. The zero-order chi connectivity index (χ0) is 12.1. The lowest BCUT2D eigenvalue weighted by molar-refractivity contribution is 0.114. The molecule has 2 N–H and O–H groups in total. The Balaban J connectivity index is 2.00. The Hall–Kier alpha value is -0.860. The molecule has 17 heavy (non-hydrogen) atoms. The Morgan fingerprint density at radius 2 is 2.06 bits per heavy atom. The van der Waals surface area contributed by atoms with Gasteiger partial charge in [0.2, 0.25) is 0 Å². The summed E-state index contributed by atoms with van der Waals surface area (Å²) in [6.45, 7) is 3.23. The number of aliphatic hydroxyl groups is 1. The first-order valence-electron chi connectivity index (χ1n) is 6.81. The van der Waals surface area contributed by atoms with Crippen molar-refractivity contribution >= 4 is 0 Å². The van der Waals surface area contributed by atoms with E-state index in [1.165, 1.54) is 24.8 Å². The van der Waals surface area contributed by atoms with Crippen LogP contribution in [0.2, 0.25) is 0 Å². The minimum Gasteiger partial charge on any atom is -0.387 e. The van der Waals surface area contributed by atoms with Gasteiger partial charge in [0.05, 0.1) is 6.10 Å². The molecule has 0 saturated carbocycles. The van der Waals surface area contributed by atoms with Gasteiger partial charge in [-0.15, -0.1) is 0 Å². The third-order valence-corrected chi connectivity index (χ3v) is 3.59. The summed E-state index contributed by atoms with van der Waals surface area (Å²) in [5.74, 6) is 0. The predicted octanol–water partition coefficient (Wildman–Crippen LogP) is 2.81. The topological polar surface area (TPSA) is 32.3 Å². The van der Waals surface area contributed by atoms with Crippen molar-refractivity contribution in [2.75, 3.05) is 6.54 Å². The van der Waals surface area contributed by atoms with E-state index in [4.69, 9.17) is 0 Å². The van der Waals surface area contributed by atoms with Crippen molar-refractivity contribution in [2.24, 2.45) is 0 Å². The first-order chi connectivity index (χ1) is 8.31. The van der Waals surface area contributed by atoms with Gasteiger partial charge in [-0.25, -0.2) is 0 Å². The van der Waals surface area contributed by atoms with Crippen molar-refractivity contribution in [3.8, 4) is 0 Å². The molecule has 0 spiro atoms. The van der Waals surface area contributed by atoms with Crippen LogP contribution in [0, 0.1) is 0 Å². The summed E-state index contributed by atoms with van der Waals surface area (Å²) in [6, 6.07) is 8.67. The van der Waals surface area contributed by atoms with Crippen LogP contribution in [0.4, 0.5) is 0 Å². The zero-order valence-electron chi connectivity index (χ0n) is 10.7. The Kier molecular flexibility index (Phi) is 4.57. The minimum atomic E-state index is -0.356. The van der Waals surface area contributed by atoms with E-state index >= 15 is 0 Å². The van der Waals surface area contributed by atoms with Crippen LogP contribution < -0.4 is 5.32 Å². The van der Waals surface area contributed by atoms with Gasteiger partial charge < -0.3 is 10.4 Å². The summed E-state index contributed by atoms with van der Waals surface area (Å²) in [7, 11) is 0. The van der Waals surface area contributed by atoms with E-state index in [-0.39, 0.29) is 12.1 Å². The van der Waals surface area contributed by atoms with Crippen LogP contribution in [-0.4, -0.2) is 17.7 Å². The number of piperidine rings is 1. The summed E-state index contributed by atoms with van der Waals surface area (Å²) in [4.78, 5) is 0. The molecule has 0 aromatic heterocycles. The molecule has 1 aromatic rings. The standard InChI is InChI=1S/C15H23NO/c1-2-5-12-7-9-13(10-8-12)15(17)14-6-3-4-11-16-14/h7-10,14-17H,2-6,11H2,1H3. The molecule has 0 radical (unpaired) electrons. The quantitative estimate of drug-likeness (QED) is 0.838. The highest BCUT2D eigenvalue weighted by Crippen LogP contribution is 2.23. The number of aliphatic hydroxyl groups excluding tert-OH is 1. The fourth-order valence-corrected chi connectivity index (χ4v) is 2.55. The highest BCUT2D eigenvalue weighted by Gasteiger charge is 2.22. The summed E-state index contributed by atoms with van der Waals surface area (Å²) in [6.07, 6.45) is 5.48. The molecule has 0 bridgehead atoms. The van der Waals surface area contributed by atoms with Crippen LogP contribution in [0.15, 0.2) is 24.3 Å². The molecule has 1 heterocycles. The van der Waals surface area contributed by atoms with Gasteiger partial charge in [0.25, 0.3) is 0 Å². The van der Waals surface area contributed by atoms with Crippen molar-refractivity contribution < 1.29 is 5.11 Å². The maximum atomic E-state index is 10.3. The Morgan fingerprint density at radius 1 is 1.29 bits per heavy atom. The molecule has 2 atom stereocenters. The van der Waals surface area contributed by atoms with Crippen molar-refractivity contribution in [3.05, 3.63) is 35.4 Å². The van der Waals surface area contributed by atoms with Crippen molar-refractivity contribution in [1.82, 2.24) is 5.32 Å². The van der Waals surface area contributed by atoms with Gasteiger partial charge in [0.15, 0.2) is 0 Å². The Labute approximate surface area is 104 Å². The fraction of sp³-hybridized carbons (Fsp3) is 0.600. The van der Waals surface area contributed by atoms with Crippen LogP contribution in [0.25, 0.3) is 0 Å². The third kappa shape index (κ3) is 3.30. The second kappa shape index (κ2) is 6.18. The molecule has 2 heteroatoms. The van der Waals surface area contributed by atoms with E-state index in [2.05, 4.69) is 36.5 Å². The van der Waals surface area contributed by atoms with Crippen LogP contribution in [0.5, 0.6) is 0 Å². The highest BCUT2D eigenvalue weighted by atomic mass is 16.3. The zero-order valence-corrected chi connectivity index (χ0v) is 10.7. The Bertz CT molecular complexity index is 327. The van der Waals surface area contributed by atoms with Crippen molar-refractivity contribution in [2.45, 2.75) is 51.2 Å². The van der Waals surface area contributed by atoms with Crippen molar-refractivity contribution in [3.63, 3.8) is 0 Å². The predicted molar refractivity (Wildman–Crippen MR) is 71.0 cm³/mol. The van der Waals surface area contributed by atoms with E-state index in [0.29, 0.717) is 0 Å². The number of hydrogen-bond acceptors (Lipinski definition) is 2. The molecule has 1 aliphatic rings. The van der Waals surface area contributed by atoms with Gasteiger partial charge in [-0.1, -0.05) is 44.0 Å². The van der Waals surface area contributed by atoms with Gasteiger partial charge in [-0.05, 0) is 36.9 Å². The highest BCUT2D eigenvalue weighted by molar-refractivity contribution is 5.25. The lowest BCUT2D eigenvalue weighted by atomic mass is 9.94. The van der Waals surface area contributed by atoms with Gasteiger partial charge >= 0.3 is 0 Å². The minimum absolute atomic E-state index is 0.237. The molecule has 2 rings (SSSR count). The van der Waals surface area contributed by atoms with Gasteiger partial charge in [-0.3, -0.25) is 0 Å². The average Bonchev–Trinajstić information content (AvgIpc) is 2.40. The van der Waals surface area contributed by atoms with Crippen LogP contribution in [0.3, 0.4) is 0 Å². The van der Waals surface area contributed by atoms with E-state index in [9.17, 15) is 5.11 Å².